The van der Waals surface area contributed by atoms with Gasteiger partial charge in [0.15, 0.2) is 0 Å². The predicted molar refractivity (Wildman–Crippen MR) is 134 cm³/mol. The van der Waals surface area contributed by atoms with Gasteiger partial charge in [0.1, 0.15) is 6.04 Å². The van der Waals surface area contributed by atoms with Crippen LogP contribution in [-0.2, 0) is 14.4 Å². The summed E-state index contributed by atoms with van der Waals surface area (Å²) in [6, 6.07) is 12.4. The van der Waals surface area contributed by atoms with Crippen molar-refractivity contribution >= 4 is 41.1 Å². The third kappa shape index (κ3) is 5.51. The lowest BCUT2D eigenvalue weighted by atomic mass is 9.85. The molecule has 0 aromatic heterocycles. The van der Waals surface area contributed by atoms with Crippen LogP contribution in [0.1, 0.15) is 43.5 Å². The highest BCUT2D eigenvalue weighted by atomic mass is 32.2. The number of amides is 3. The molecular formula is C26H29N3O5S. The first-order valence-electron chi connectivity index (χ1n) is 11.5. The van der Waals surface area contributed by atoms with E-state index in [1.165, 1.54) is 4.90 Å². The number of thioether (sulfide) groups is 1. The maximum Gasteiger partial charge on any atom is 0.303 e. The van der Waals surface area contributed by atoms with Gasteiger partial charge < -0.3 is 20.6 Å². The smallest absolute Gasteiger partial charge is 0.303 e. The molecule has 3 N–H and O–H groups in total. The highest BCUT2D eigenvalue weighted by Crippen LogP contribution is 2.33. The summed E-state index contributed by atoms with van der Waals surface area (Å²) in [5.41, 5.74) is 2.05. The molecule has 1 saturated heterocycles. The Hall–Kier alpha value is -3.33. The minimum Gasteiger partial charge on any atom is -0.481 e. The van der Waals surface area contributed by atoms with E-state index in [0.717, 1.165) is 16.0 Å². The van der Waals surface area contributed by atoms with Gasteiger partial charge >= 0.3 is 5.97 Å². The Balaban J connectivity index is 1.51. The fourth-order valence-corrected chi connectivity index (χ4v) is 5.17. The molecule has 0 aliphatic carbocycles. The zero-order valence-electron chi connectivity index (χ0n) is 20.0. The number of carboxylic acid groups (broad SMARTS) is 1. The standard InChI is InChI=1S/C26H29N3O5S/c1-26(2,13-23(31)32)12-22(30)27-17-11-21-24(33)28-20-9-6-16(10-19(20)25(34)29(21)14-17)15-4-7-18(35-3)8-5-15/h4-10,17,21H,11-14H2,1-3H3,(H,27,30)(H,28,33)(H,31,32)/t17-,21-/m0/s1. The second kappa shape index (κ2) is 9.73. The molecule has 0 saturated carbocycles. The number of benzene rings is 2. The number of carbonyl (C=O) groups is 4. The van der Waals surface area contributed by atoms with Gasteiger partial charge in [-0.1, -0.05) is 32.0 Å². The van der Waals surface area contributed by atoms with Gasteiger partial charge in [-0.15, -0.1) is 11.8 Å². The molecular weight excluding hydrogens is 466 g/mol. The summed E-state index contributed by atoms with van der Waals surface area (Å²) < 4.78 is 0. The van der Waals surface area contributed by atoms with Crippen LogP contribution in [0.5, 0.6) is 0 Å². The summed E-state index contributed by atoms with van der Waals surface area (Å²) in [6.45, 7) is 3.67. The van der Waals surface area contributed by atoms with E-state index in [9.17, 15) is 19.2 Å². The summed E-state index contributed by atoms with van der Waals surface area (Å²) in [7, 11) is 0. The topological polar surface area (TPSA) is 116 Å². The van der Waals surface area contributed by atoms with Crippen LogP contribution in [0, 0.1) is 5.41 Å². The molecule has 2 aliphatic rings. The number of aliphatic carboxylic acids is 1. The predicted octanol–water partition coefficient (Wildman–Crippen LogP) is 3.62. The summed E-state index contributed by atoms with van der Waals surface area (Å²) in [5.74, 6) is -1.79. The third-order valence-electron chi connectivity index (χ3n) is 6.43. The lowest BCUT2D eigenvalue weighted by molar-refractivity contribution is -0.139. The van der Waals surface area contributed by atoms with Crippen molar-refractivity contribution < 1.29 is 24.3 Å². The zero-order chi connectivity index (χ0) is 25.3. The van der Waals surface area contributed by atoms with Crippen molar-refractivity contribution in [3.63, 3.8) is 0 Å². The highest BCUT2D eigenvalue weighted by molar-refractivity contribution is 7.98. The molecule has 4 rings (SSSR count). The Kier molecular flexibility index (Phi) is 6.89. The van der Waals surface area contributed by atoms with Crippen molar-refractivity contribution in [3.8, 4) is 11.1 Å². The van der Waals surface area contributed by atoms with Gasteiger partial charge in [0.2, 0.25) is 11.8 Å². The molecule has 2 atom stereocenters. The zero-order valence-corrected chi connectivity index (χ0v) is 20.8. The summed E-state index contributed by atoms with van der Waals surface area (Å²) in [4.78, 5) is 52.7. The average Bonchev–Trinajstić information content (AvgIpc) is 3.17. The van der Waals surface area contributed by atoms with Gasteiger partial charge in [0, 0.05) is 23.9 Å². The average molecular weight is 496 g/mol. The SMILES string of the molecule is CSc1ccc(-c2ccc3c(c2)C(=O)N2C[C@@H](NC(=O)CC(C)(C)CC(=O)O)C[C@H]2C(=O)N3)cc1. The molecule has 0 unspecified atom stereocenters. The van der Waals surface area contributed by atoms with Gasteiger partial charge in [-0.2, -0.15) is 0 Å². The van der Waals surface area contributed by atoms with Gasteiger partial charge in [-0.05, 0) is 53.5 Å². The van der Waals surface area contributed by atoms with Gasteiger partial charge in [0.25, 0.3) is 5.91 Å². The van der Waals surface area contributed by atoms with E-state index in [1.54, 1.807) is 37.7 Å². The van der Waals surface area contributed by atoms with Crippen LogP contribution in [0.2, 0.25) is 0 Å². The Labute approximate surface area is 208 Å². The molecule has 184 valence electrons. The van der Waals surface area contributed by atoms with Crippen LogP contribution >= 0.6 is 11.8 Å². The van der Waals surface area contributed by atoms with E-state index in [4.69, 9.17) is 5.11 Å². The maximum absolute atomic E-state index is 13.5. The molecule has 8 nitrogen and oxygen atoms in total. The van der Waals surface area contributed by atoms with E-state index in [1.807, 2.05) is 36.6 Å². The lowest BCUT2D eigenvalue weighted by Gasteiger charge is -2.23. The summed E-state index contributed by atoms with van der Waals surface area (Å²) >= 11 is 1.65. The molecule has 9 heteroatoms. The molecule has 0 bridgehead atoms. The van der Waals surface area contributed by atoms with E-state index in [-0.39, 0.29) is 43.1 Å². The largest absolute Gasteiger partial charge is 0.481 e. The number of carbonyl (C=O) groups excluding carboxylic acids is 3. The molecule has 2 aromatic carbocycles. The first-order valence-corrected chi connectivity index (χ1v) is 12.7. The minimum absolute atomic E-state index is 0.0438. The lowest BCUT2D eigenvalue weighted by Crippen LogP contribution is -2.41. The van der Waals surface area contributed by atoms with E-state index in [0.29, 0.717) is 17.7 Å². The number of anilines is 1. The number of carboxylic acids is 1. The number of hydrogen-bond acceptors (Lipinski definition) is 5. The quantitative estimate of drug-likeness (QED) is 0.506. The van der Waals surface area contributed by atoms with E-state index >= 15 is 0 Å². The van der Waals surface area contributed by atoms with Crippen molar-refractivity contribution in [1.82, 2.24) is 10.2 Å². The van der Waals surface area contributed by atoms with Crippen LogP contribution in [0.25, 0.3) is 11.1 Å². The van der Waals surface area contributed by atoms with Crippen molar-refractivity contribution in [2.24, 2.45) is 5.41 Å². The maximum atomic E-state index is 13.5. The van der Waals surface area contributed by atoms with Crippen molar-refractivity contribution in [2.45, 2.75) is 50.1 Å². The molecule has 2 aromatic rings. The normalized spacial score (nSPS) is 19.5. The first-order chi connectivity index (χ1) is 16.6. The number of nitrogens with zero attached hydrogens (tertiary/aromatic N) is 1. The van der Waals surface area contributed by atoms with E-state index in [2.05, 4.69) is 10.6 Å². The minimum atomic E-state index is -0.961. The Bertz CT molecular complexity index is 1180. The van der Waals surface area contributed by atoms with Crippen molar-refractivity contribution in [2.75, 3.05) is 18.1 Å². The van der Waals surface area contributed by atoms with Gasteiger partial charge in [-0.3, -0.25) is 19.2 Å². The van der Waals surface area contributed by atoms with E-state index < -0.39 is 17.4 Å². The van der Waals surface area contributed by atoms with Crippen molar-refractivity contribution in [3.05, 3.63) is 48.0 Å². The number of fused-ring (bicyclic) bond motifs is 2. The van der Waals surface area contributed by atoms with Crippen LogP contribution in [0.4, 0.5) is 5.69 Å². The monoisotopic (exact) mass is 495 g/mol. The van der Waals surface area contributed by atoms with Crippen molar-refractivity contribution in [1.29, 1.82) is 0 Å². The van der Waals surface area contributed by atoms with Gasteiger partial charge in [0.05, 0.1) is 17.7 Å². The first kappa shape index (κ1) is 24.8. The van der Waals surface area contributed by atoms with Gasteiger partial charge in [-0.25, -0.2) is 0 Å². The Morgan fingerprint density at radius 1 is 1.11 bits per heavy atom. The second-order valence-electron chi connectivity index (χ2n) is 9.86. The Morgan fingerprint density at radius 3 is 2.46 bits per heavy atom. The molecule has 1 fully saturated rings. The fourth-order valence-electron chi connectivity index (χ4n) is 4.76. The Morgan fingerprint density at radius 2 is 1.80 bits per heavy atom. The van der Waals surface area contributed by atoms with Crippen LogP contribution < -0.4 is 10.6 Å². The second-order valence-corrected chi connectivity index (χ2v) is 10.7. The summed E-state index contributed by atoms with van der Waals surface area (Å²) in [6.07, 6.45) is 2.24. The number of rotatable bonds is 7. The number of hydrogen-bond donors (Lipinski definition) is 3. The molecule has 2 heterocycles. The molecule has 35 heavy (non-hydrogen) atoms. The van der Waals surface area contributed by atoms with Crippen LogP contribution in [0.15, 0.2) is 47.4 Å². The summed E-state index contributed by atoms with van der Waals surface area (Å²) in [5, 5.41) is 14.8. The molecule has 2 aliphatic heterocycles. The third-order valence-corrected chi connectivity index (χ3v) is 7.17. The highest BCUT2D eigenvalue weighted by Gasteiger charge is 2.43. The number of nitrogens with one attached hydrogen (secondary N) is 2. The molecule has 0 spiro atoms. The fraction of sp³-hybridized carbons (Fsp3) is 0.385. The van der Waals surface area contributed by atoms with Crippen LogP contribution in [0.3, 0.4) is 0 Å². The van der Waals surface area contributed by atoms with Crippen LogP contribution in [-0.4, -0.2) is 58.6 Å². The molecule has 3 amide bonds. The molecule has 0 radical (unpaired) electrons.